The Bertz CT molecular complexity index is 3480. The van der Waals surface area contributed by atoms with E-state index in [4.69, 9.17) is 0 Å². The molecule has 0 bridgehead atoms. The van der Waals surface area contributed by atoms with Crippen molar-refractivity contribution in [2.45, 2.75) is 0 Å². The van der Waals surface area contributed by atoms with Crippen molar-refractivity contribution in [2.24, 2.45) is 0 Å². The highest BCUT2D eigenvalue weighted by Gasteiger charge is 2.17. The summed E-state index contributed by atoms with van der Waals surface area (Å²) in [7, 11) is 0. The Morgan fingerprint density at radius 1 is 0.196 bits per heavy atom. The summed E-state index contributed by atoms with van der Waals surface area (Å²) in [4.78, 5) is 0. The highest BCUT2D eigenvalue weighted by Crippen LogP contribution is 2.40. The number of para-hydroxylation sites is 3. The summed E-state index contributed by atoms with van der Waals surface area (Å²) in [6.07, 6.45) is 0. The number of hydrogen-bond acceptors (Lipinski definition) is 0. The normalized spacial score (nSPS) is 11.9. The van der Waals surface area contributed by atoms with Gasteiger partial charge >= 0.3 is 0 Å². The maximum Gasteiger partial charge on any atom is 0.0541 e. The first-order valence-electron chi connectivity index (χ1n) is 19.3. The smallest absolute Gasteiger partial charge is 0.0541 e. The van der Waals surface area contributed by atoms with Crippen LogP contribution in [-0.2, 0) is 0 Å². The highest BCUT2D eigenvalue weighted by molar-refractivity contribution is 6.25. The summed E-state index contributed by atoms with van der Waals surface area (Å²) in [5.41, 5.74) is 12.0. The molecule has 12 rings (SSSR count). The van der Waals surface area contributed by atoms with Crippen molar-refractivity contribution >= 4 is 75.9 Å². The summed E-state index contributed by atoms with van der Waals surface area (Å²) in [6.45, 7) is 0. The predicted molar refractivity (Wildman–Crippen MR) is 239 cm³/mol. The Morgan fingerprint density at radius 2 is 0.536 bits per heavy atom. The van der Waals surface area contributed by atoms with E-state index in [-0.39, 0.29) is 0 Å². The number of fused-ring (bicyclic) bond motifs is 12. The van der Waals surface area contributed by atoms with Crippen LogP contribution < -0.4 is 0 Å². The summed E-state index contributed by atoms with van der Waals surface area (Å²) >= 11 is 0. The highest BCUT2D eigenvalue weighted by atomic mass is 15.0. The summed E-state index contributed by atoms with van der Waals surface area (Å²) in [5.74, 6) is 0. The van der Waals surface area contributed by atoms with Gasteiger partial charge in [-0.15, -0.1) is 0 Å². The molecule has 2 nitrogen and oxygen atoms in total. The Hall–Kier alpha value is -7.42. The molecular formula is C54H34N2. The van der Waals surface area contributed by atoms with Gasteiger partial charge in [0.05, 0.1) is 22.1 Å². The number of aromatic nitrogens is 2. The molecule has 0 saturated carbocycles. The zero-order valence-corrected chi connectivity index (χ0v) is 30.5. The molecule has 0 spiro atoms. The molecule has 0 aliphatic rings. The molecule has 0 amide bonds. The Balaban J connectivity index is 0.964. The van der Waals surface area contributed by atoms with Gasteiger partial charge in [-0.1, -0.05) is 140 Å². The standard InChI is InChI=1S/C54H34N2/c1-2-12-39(13-3-1)55-51-20-10-8-18-46(51)49-33-37(25-30-53(49)55)38-26-31-54-50(34-38)47-19-9-11-21-52(47)56(54)40-27-22-35(23-28-40)36-24-29-45-43-16-5-4-14-41(43)42-15-6-7-17-44(42)48(45)32-36/h1-34H. The van der Waals surface area contributed by atoms with Crippen molar-refractivity contribution in [3.8, 4) is 33.6 Å². The first-order chi connectivity index (χ1) is 27.8. The summed E-state index contributed by atoms with van der Waals surface area (Å²) < 4.78 is 4.79. The van der Waals surface area contributed by atoms with Crippen molar-refractivity contribution in [2.75, 3.05) is 0 Å². The molecular weight excluding hydrogens is 677 g/mol. The molecule has 0 saturated heterocycles. The van der Waals surface area contributed by atoms with Gasteiger partial charge < -0.3 is 9.13 Å². The van der Waals surface area contributed by atoms with E-state index in [0.717, 1.165) is 5.69 Å². The SMILES string of the molecule is c1ccc(-n2c3ccccc3c3cc(-c4ccc5c(c4)c4ccccc4n5-c4ccc(-c5ccc6c7ccccc7c7ccccc7c6c5)cc4)ccc32)cc1. The average Bonchev–Trinajstić information content (AvgIpc) is 3.79. The zero-order valence-electron chi connectivity index (χ0n) is 30.5. The topological polar surface area (TPSA) is 9.86 Å². The van der Waals surface area contributed by atoms with Gasteiger partial charge in [-0.3, -0.25) is 0 Å². The molecule has 0 N–H and O–H groups in total. The molecule has 0 unspecified atom stereocenters. The quantitative estimate of drug-likeness (QED) is 0.161. The fourth-order valence-electron chi connectivity index (χ4n) is 9.33. The van der Waals surface area contributed by atoms with E-state index >= 15 is 0 Å². The van der Waals surface area contributed by atoms with Crippen molar-refractivity contribution in [3.05, 3.63) is 206 Å². The average molecular weight is 711 g/mol. The Labute approximate surface area is 323 Å². The molecule has 2 heteroatoms. The van der Waals surface area contributed by atoms with Crippen LogP contribution in [0.3, 0.4) is 0 Å². The summed E-state index contributed by atoms with van der Waals surface area (Å²) in [6, 6.07) is 75.7. The Kier molecular flexibility index (Phi) is 6.66. The van der Waals surface area contributed by atoms with Gasteiger partial charge in [0.15, 0.2) is 0 Å². The number of hydrogen-bond donors (Lipinski definition) is 0. The van der Waals surface area contributed by atoms with Gasteiger partial charge in [-0.05, 0) is 121 Å². The third kappa shape index (κ3) is 4.57. The number of nitrogens with zero attached hydrogens (tertiary/aromatic N) is 2. The predicted octanol–water partition coefficient (Wildman–Crippen LogP) is 14.7. The minimum atomic E-state index is 1.15. The lowest BCUT2D eigenvalue weighted by atomic mass is 9.92. The van der Waals surface area contributed by atoms with Crippen LogP contribution in [-0.4, -0.2) is 9.13 Å². The van der Waals surface area contributed by atoms with Crippen molar-refractivity contribution in [3.63, 3.8) is 0 Å². The van der Waals surface area contributed by atoms with E-state index in [1.165, 1.54) is 104 Å². The molecule has 0 radical (unpaired) electrons. The van der Waals surface area contributed by atoms with Crippen LogP contribution in [0.25, 0.3) is 110 Å². The lowest BCUT2D eigenvalue weighted by molar-refractivity contribution is 1.18. The lowest BCUT2D eigenvalue weighted by Crippen LogP contribution is -1.94. The zero-order chi connectivity index (χ0) is 36.7. The van der Waals surface area contributed by atoms with Crippen LogP contribution in [0, 0.1) is 0 Å². The molecule has 0 aliphatic heterocycles. The largest absolute Gasteiger partial charge is 0.309 e. The van der Waals surface area contributed by atoms with E-state index < -0.39 is 0 Å². The fourth-order valence-corrected chi connectivity index (χ4v) is 9.33. The second kappa shape index (κ2) is 12.0. The van der Waals surface area contributed by atoms with Gasteiger partial charge in [0.25, 0.3) is 0 Å². The number of benzene rings is 10. The maximum atomic E-state index is 2.41. The Morgan fingerprint density at radius 3 is 1.07 bits per heavy atom. The summed E-state index contributed by atoms with van der Waals surface area (Å²) in [5, 5.41) is 12.8. The van der Waals surface area contributed by atoms with E-state index in [1.54, 1.807) is 0 Å². The first-order valence-corrected chi connectivity index (χ1v) is 19.3. The molecule has 56 heavy (non-hydrogen) atoms. The third-order valence-corrected chi connectivity index (χ3v) is 11.9. The van der Waals surface area contributed by atoms with E-state index in [2.05, 4.69) is 215 Å². The van der Waals surface area contributed by atoms with Crippen LogP contribution in [0.1, 0.15) is 0 Å². The minimum Gasteiger partial charge on any atom is -0.309 e. The lowest BCUT2D eigenvalue weighted by Gasteiger charge is -2.13. The monoisotopic (exact) mass is 710 g/mol. The third-order valence-electron chi connectivity index (χ3n) is 11.9. The molecule has 0 fully saturated rings. The van der Waals surface area contributed by atoms with Crippen molar-refractivity contribution in [1.82, 2.24) is 9.13 Å². The van der Waals surface area contributed by atoms with Crippen LogP contribution in [0.15, 0.2) is 206 Å². The van der Waals surface area contributed by atoms with Crippen LogP contribution in [0.4, 0.5) is 0 Å². The van der Waals surface area contributed by atoms with E-state index in [1.807, 2.05) is 0 Å². The van der Waals surface area contributed by atoms with Gasteiger partial charge in [-0.25, -0.2) is 0 Å². The van der Waals surface area contributed by atoms with Crippen LogP contribution in [0.5, 0.6) is 0 Å². The molecule has 10 aromatic carbocycles. The van der Waals surface area contributed by atoms with Crippen LogP contribution >= 0.6 is 0 Å². The number of rotatable bonds is 4. The maximum absolute atomic E-state index is 2.41. The molecule has 2 heterocycles. The molecule has 0 aliphatic carbocycles. The van der Waals surface area contributed by atoms with Gasteiger partial charge in [0.2, 0.25) is 0 Å². The van der Waals surface area contributed by atoms with Gasteiger partial charge in [0, 0.05) is 32.9 Å². The van der Waals surface area contributed by atoms with E-state index in [9.17, 15) is 0 Å². The molecule has 2 aromatic heterocycles. The van der Waals surface area contributed by atoms with Crippen molar-refractivity contribution in [1.29, 1.82) is 0 Å². The molecule has 260 valence electrons. The fraction of sp³-hybridized carbons (Fsp3) is 0. The minimum absolute atomic E-state index is 1.15. The first kappa shape index (κ1) is 31.0. The van der Waals surface area contributed by atoms with Gasteiger partial charge in [0.1, 0.15) is 0 Å². The molecule has 0 atom stereocenters. The molecule has 12 aromatic rings. The van der Waals surface area contributed by atoms with Gasteiger partial charge in [-0.2, -0.15) is 0 Å². The van der Waals surface area contributed by atoms with Crippen molar-refractivity contribution < 1.29 is 0 Å². The second-order valence-corrected chi connectivity index (χ2v) is 14.9. The second-order valence-electron chi connectivity index (χ2n) is 14.9. The van der Waals surface area contributed by atoms with E-state index in [0.29, 0.717) is 0 Å². The van der Waals surface area contributed by atoms with Crippen LogP contribution in [0.2, 0.25) is 0 Å².